The van der Waals surface area contributed by atoms with E-state index in [1.807, 2.05) is 24.3 Å². The number of hydrogen-bond acceptors (Lipinski definition) is 4. The van der Waals surface area contributed by atoms with Gasteiger partial charge in [-0.2, -0.15) is 5.26 Å². The van der Waals surface area contributed by atoms with Gasteiger partial charge >= 0.3 is 12.1 Å². The molecule has 0 radical (unpaired) electrons. The maximum Gasteiger partial charge on any atom is 0.408 e. The molecule has 1 rings (SSSR count). The number of rotatable bonds is 6. The summed E-state index contributed by atoms with van der Waals surface area (Å²) in [4.78, 5) is 22.6. The predicted octanol–water partition coefficient (Wildman–Crippen LogP) is 1.92. The monoisotopic (exact) mass is 276 g/mol. The molecular formula is C14H16N2O4. The van der Waals surface area contributed by atoms with E-state index in [0.29, 0.717) is 0 Å². The van der Waals surface area contributed by atoms with Crippen molar-refractivity contribution < 1.29 is 19.4 Å². The second kappa shape index (κ2) is 7.79. The van der Waals surface area contributed by atoms with Crippen LogP contribution in [-0.2, 0) is 16.1 Å². The van der Waals surface area contributed by atoms with Gasteiger partial charge in [-0.15, -0.1) is 0 Å². The van der Waals surface area contributed by atoms with E-state index in [4.69, 9.17) is 15.1 Å². The van der Waals surface area contributed by atoms with Crippen LogP contribution in [0.3, 0.4) is 0 Å². The number of aliphatic carboxylic acids is 1. The van der Waals surface area contributed by atoms with E-state index in [0.717, 1.165) is 5.56 Å². The number of alkyl carbamates (subject to hydrolysis) is 1. The van der Waals surface area contributed by atoms with Crippen LogP contribution in [0.1, 0.15) is 18.9 Å². The highest BCUT2D eigenvalue weighted by atomic mass is 16.5. The van der Waals surface area contributed by atoms with Gasteiger partial charge in [-0.3, -0.25) is 0 Å². The first-order chi connectivity index (χ1) is 9.54. The van der Waals surface area contributed by atoms with Crippen molar-refractivity contribution in [3.05, 3.63) is 35.9 Å². The van der Waals surface area contributed by atoms with Gasteiger partial charge in [0.25, 0.3) is 0 Å². The van der Waals surface area contributed by atoms with Gasteiger partial charge in [-0.25, -0.2) is 9.59 Å². The molecule has 0 aromatic heterocycles. The van der Waals surface area contributed by atoms with Crippen molar-refractivity contribution in [2.75, 3.05) is 0 Å². The average Bonchev–Trinajstić information content (AvgIpc) is 2.43. The van der Waals surface area contributed by atoms with E-state index in [1.54, 1.807) is 19.1 Å². The van der Waals surface area contributed by atoms with E-state index in [2.05, 4.69) is 5.32 Å². The van der Waals surface area contributed by atoms with E-state index in [9.17, 15) is 9.59 Å². The topological polar surface area (TPSA) is 99.4 Å². The Morgan fingerprint density at radius 3 is 2.60 bits per heavy atom. The maximum absolute atomic E-state index is 11.6. The molecule has 6 heteroatoms. The zero-order valence-electron chi connectivity index (χ0n) is 11.1. The van der Waals surface area contributed by atoms with Gasteiger partial charge in [-0.05, 0) is 5.56 Å². The summed E-state index contributed by atoms with van der Waals surface area (Å²) in [5.41, 5.74) is 0.805. The Kier molecular flexibility index (Phi) is 6.04. The molecule has 0 saturated heterocycles. The summed E-state index contributed by atoms with van der Waals surface area (Å²) in [7, 11) is 0. The summed E-state index contributed by atoms with van der Waals surface area (Å²) in [6.45, 7) is 1.64. The minimum atomic E-state index is -1.19. The molecule has 2 N–H and O–H groups in total. The van der Waals surface area contributed by atoms with Crippen molar-refractivity contribution in [2.24, 2.45) is 5.92 Å². The van der Waals surface area contributed by atoms with Crippen LogP contribution < -0.4 is 5.32 Å². The van der Waals surface area contributed by atoms with Gasteiger partial charge in [0.15, 0.2) is 0 Å². The molecule has 106 valence electrons. The number of nitrogens with one attached hydrogen (secondary N) is 1. The predicted molar refractivity (Wildman–Crippen MR) is 70.6 cm³/mol. The first-order valence-corrected chi connectivity index (χ1v) is 6.11. The molecule has 0 saturated carbocycles. The normalized spacial score (nSPS) is 12.8. The molecule has 0 aliphatic heterocycles. The zero-order chi connectivity index (χ0) is 15.0. The van der Waals surface area contributed by atoms with Crippen LogP contribution in [0.25, 0.3) is 0 Å². The molecule has 0 fully saturated rings. The van der Waals surface area contributed by atoms with Crippen LogP contribution in [-0.4, -0.2) is 23.2 Å². The second-order valence-electron chi connectivity index (χ2n) is 4.36. The Morgan fingerprint density at radius 1 is 1.40 bits per heavy atom. The molecule has 0 bridgehead atoms. The number of nitrogens with zero attached hydrogens (tertiary/aromatic N) is 1. The van der Waals surface area contributed by atoms with E-state index >= 15 is 0 Å². The first-order valence-electron chi connectivity index (χ1n) is 6.11. The van der Waals surface area contributed by atoms with E-state index < -0.39 is 24.0 Å². The number of carboxylic acids is 1. The van der Waals surface area contributed by atoms with Crippen LogP contribution in [0, 0.1) is 17.2 Å². The number of amides is 1. The summed E-state index contributed by atoms with van der Waals surface area (Å²) in [6.07, 6.45) is -0.776. The highest BCUT2D eigenvalue weighted by Crippen LogP contribution is 2.08. The van der Waals surface area contributed by atoms with Crippen LogP contribution in [0.2, 0.25) is 0 Å². The fourth-order valence-corrected chi connectivity index (χ4v) is 1.60. The summed E-state index contributed by atoms with van der Waals surface area (Å²) in [6, 6.07) is 9.78. The number of carbonyl (C=O) groups is 2. The van der Waals surface area contributed by atoms with Crippen LogP contribution in [0.4, 0.5) is 4.79 Å². The molecule has 0 heterocycles. The molecule has 2 unspecified atom stereocenters. The number of benzene rings is 1. The molecular weight excluding hydrogens is 260 g/mol. The number of carbonyl (C=O) groups excluding carboxylic acids is 1. The van der Waals surface area contributed by atoms with Crippen LogP contribution in [0.15, 0.2) is 30.3 Å². The van der Waals surface area contributed by atoms with Gasteiger partial charge in [0.2, 0.25) is 0 Å². The molecule has 2 atom stereocenters. The number of carboxylic acid groups (broad SMARTS) is 1. The lowest BCUT2D eigenvalue weighted by molar-refractivity contribution is -0.140. The SMILES string of the molecule is CC(CC#N)C(NC(=O)OCc1ccccc1)C(=O)O. The van der Waals surface area contributed by atoms with E-state index in [-0.39, 0.29) is 13.0 Å². The fourth-order valence-electron chi connectivity index (χ4n) is 1.60. The Bertz CT molecular complexity index is 496. The summed E-state index contributed by atoms with van der Waals surface area (Å²) in [5.74, 6) is -1.69. The van der Waals surface area contributed by atoms with Gasteiger partial charge in [0.1, 0.15) is 12.6 Å². The summed E-state index contributed by atoms with van der Waals surface area (Å²) >= 11 is 0. The lowest BCUT2D eigenvalue weighted by Crippen LogP contribution is -2.45. The van der Waals surface area contributed by atoms with Crippen molar-refractivity contribution in [3.8, 4) is 6.07 Å². The minimum Gasteiger partial charge on any atom is -0.480 e. The van der Waals surface area contributed by atoms with Crippen molar-refractivity contribution >= 4 is 12.1 Å². The van der Waals surface area contributed by atoms with Gasteiger partial charge in [0.05, 0.1) is 6.07 Å². The van der Waals surface area contributed by atoms with Crippen molar-refractivity contribution in [1.29, 1.82) is 5.26 Å². The van der Waals surface area contributed by atoms with E-state index in [1.165, 1.54) is 0 Å². The smallest absolute Gasteiger partial charge is 0.408 e. The number of hydrogen-bond donors (Lipinski definition) is 2. The summed E-state index contributed by atoms with van der Waals surface area (Å²) in [5, 5.41) is 19.9. The number of ether oxygens (including phenoxy) is 1. The molecule has 0 aliphatic rings. The molecule has 6 nitrogen and oxygen atoms in total. The number of nitriles is 1. The Morgan fingerprint density at radius 2 is 2.05 bits per heavy atom. The second-order valence-corrected chi connectivity index (χ2v) is 4.36. The Balaban J connectivity index is 2.50. The molecule has 1 aromatic carbocycles. The molecule has 1 aromatic rings. The maximum atomic E-state index is 11.6. The van der Waals surface area contributed by atoms with Crippen molar-refractivity contribution in [2.45, 2.75) is 26.0 Å². The average molecular weight is 276 g/mol. The Labute approximate surface area is 117 Å². The lowest BCUT2D eigenvalue weighted by Gasteiger charge is -2.18. The third-order valence-corrected chi connectivity index (χ3v) is 2.73. The Hall–Kier alpha value is -2.55. The van der Waals surface area contributed by atoms with Crippen LogP contribution >= 0.6 is 0 Å². The van der Waals surface area contributed by atoms with Gasteiger partial charge in [-0.1, -0.05) is 37.3 Å². The highest BCUT2D eigenvalue weighted by Gasteiger charge is 2.26. The van der Waals surface area contributed by atoms with Gasteiger partial charge < -0.3 is 15.2 Å². The van der Waals surface area contributed by atoms with Crippen molar-refractivity contribution in [3.63, 3.8) is 0 Å². The standard InChI is InChI=1S/C14H16N2O4/c1-10(7-8-15)12(13(17)18)16-14(19)20-9-11-5-3-2-4-6-11/h2-6,10,12H,7,9H2,1H3,(H,16,19)(H,17,18). The summed E-state index contributed by atoms with van der Waals surface area (Å²) < 4.78 is 4.94. The third-order valence-electron chi connectivity index (χ3n) is 2.73. The zero-order valence-corrected chi connectivity index (χ0v) is 11.1. The van der Waals surface area contributed by atoms with Gasteiger partial charge in [0, 0.05) is 12.3 Å². The quantitative estimate of drug-likeness (QED) is 0.826. The van der Waals surface area contributed by atoms with Crippen molar-refractivity contribution in [1.82, 2.24) is 5.32 Å². The molecule has 0 spiro atoms. The molecule has 0 aliphatic carbocycles. The lowest BCUT2D eigenvalue weighted by atomic mass is 9.99. The third kappa shape index (κ3) is 4.98. The first kappa shape index (κ1) is 15.5. The molecule has 20 heavy (non-hydrogen) atoms. The largest absolute Gasteiger partial charge is 0.480 e. The minimum absolute atomic E-state index is 0.0376. The highest BCUT2D eigenvalue weighted by molar-refractivity contribution is 5.80. The fraction of sp³-hybridized carbons (Fsp3) is 0.357. The molecule has 1 amide bonds. The van der Waals surface area contributed by atoms with Crippen LogP contribution in [0.5, 0.6) is 0 Å².